The van der Waals surface area contributed by atoms with E-state index in [0.717, 1.165) is 6.07 Å². The number of hydrogen-bond donors (Lipinski definition) is 2. The van der Waals surface area contributed by atoms with Crippen molar-refractivity contribution in [2.45, 2.75) is 25.8 Å². The van der Waals surface area contributed by atoms with Gasteiger partial charge in [0.2, 0.25) is 5.91 Å². The third-order valence-corrected chi connectivity index (χ3v) is 3.47. The van der Waals surface area contributed by atoms with E-state index < -0.39 is 23.7 Å². The van der Waals surface area contributed by atoms with Crippen molar-refractivity contribution < 1.29 is 14.0 Å². The van der Waals surface area contributed by atoms with E-state index in [1.165, 1.54) is 11.0 Å². The van der Waals surface area contributed by atoms with Crippen LogP contribution in [0, 0.1) is 12.7 Å². The average molecular weight is 265 g/mol. The van der Waals surface area contributed by atoms with Gasteiger partial charge in [-0.2, -0.15) is 0 Å². The van der Waals surface area contributed by atoms with Crippen molar-refractivity contribution in [1.29, 1.82) is 0 Å². The summed E-state index contributed by atoms with van der Waals surface area (Å²) in [4.78, 5) is 24.9. The maximum absolute atomic E-state index is 13.6. The van der Waals surface area contributed by atoms with Crippen LogP contribution in [0.3, 0.4) is 0 Å². The van der Waals surface area contributed by atoms with Gasteiger partial charge in [0.05, 0.1) is 0 Å². The molecule has 0 aliphatic carbocycles. The third kappa shape index (κ3) is 2.38. The predicted octanol–water partition coefficient (Wildman–Crippen LogP) is 0.806. The molecule has 2 rings (SSSR count). The molecule has 1 unspecified atom stereocenters. The second kappa shape index (κ2) is 4.87. The van der Waals surface area contributed by atoms with Gasteiger partial charge in [0.15, 0.2) is 0 Å². The molecule has 1 aromatic carbocycles. The number of halogens is 1. The topological polar surface area (TPSA) is 89.4 Å². The molecule has 102 valence electrons. The number of nitrogens with zero attached hydrogens (tertiary/aromatic N) is 1. The highest BCUT2D eigenvalue weighted by molar-refractivity contribution is 5.98. The van der Waals surface area contributed by atoms with Crippen molar-refractivity contribution in [1.82, 2.24) is 4.90 Å². The van der Waals surface area contributed by atoms with Crippen LogP contribution in [0.1, 0.15) is 28.8 Å². The molecule has 5 nitrogen and oxygen atoms in total. The van der Waals surface area contributed by atoms with Crippen molar-refractivity contribution in [3.63, 3.8) is 0 Å². The molecular formula is C13H16FN3O2. The van der Waals surface area contributed by atoms with Crippen LogP contribution in [0.2, 0.25) is 0 Å². The van der Waals surface area contributed by atoms with E-state index in [1.54, 1.807) is 6.92 Å². The first-order valence-corrected chi connectivity index (χ1v) is 6.07. The van der Waals surface area contributed by atoms with Gasteiger partial charge in [-0.15, -0.1) is 0 Å². The highest BCUT2D eigenvalue weighted by atomic mass is 19.1. The van der Waals surface area contributed by atoms with Gasteiger partial charge in [-0.1, -0.05) is 0 Å². The molecule has 1 aliphatic rings. The Hall–Kier alpha value is -2.11. The molecule has 0 bridgehead atoms. The minimum absolute atomic E-state index is 0.147. The van der Waals surface area contributed by atoms with E-state index in [1.807, 2.05) is 0 Å². The summed E-state index contributed by atoms with van der Waals surface area (Å²) in [5.41, 5.74) is 11.6. The van der Waals surface area contributed by atoms with E-state index >= 15 is 0 Å². The van der Waals surface area contributed by atoms with Crippen molar-refractivity contribution in [3.8, 4) is 0 Å². The predicted molar refractivity (Wildman–Crippen MR) is 68.8 cm³/mol. The number of nitrogen functional groups attached to an aromatic ring is 1. The number of rotatable bonds is 2. The quantitative estimate of drug-likeness (QED) is 0.775. The zero-order valence-electron chi connectivity index (χ0n) is 10.6. The van der Waals surface area contributed by atoms with Crippen LogP contribution in [0.15, 0.2) is 12.1 Å². The molecule has 6 heteroatoms. The summed E-state index contributed by atoms with van der Waals surface area (Å²) >= 11 is 0. The molecule has 1 saturated heterocycles. The summed E-state index contributed by atoms with van der Waals surface area (Å²) < 4.78 is 13.6. The van der Waals surface area contributed by atoms with Gasteiger partial charge in [0.1, 0.15) is 11.9 Å². The van der Waals surface area contributed by atoms with Crippen molar-refractivity contribution in [3.05, 3.63) is 29.1 Å². The van der Waals surface area contributed by atoms with Gasteiger partial charge in [0.25, 0.3) is 5.91 Å². The normalized spacial score (nSPS) is 18.6. The summed E-state index contributed by atoms with van der Waals surface area (Å²) in [6.45, 7) is 1.99. The van der Waals surface area contributed by atoms with Crippen LogP contribution >= 0.6 is 0 Å². The van der Waals surface area contributed by atoms with Gasteiger partial charge in [0, 0.05) is 23.4 Å². The van der Waals surface area contributed by atoms with E-state index in [0.29, 0.717) is 24.9 Å². The van der Waals surface area contributed by atoms with E-state index in [2.05, 4.69) is 0 Å². The molecule has 1 aliphatic heterocycles. The van der Waals surface area contributed by atoms with Crippen LogP contribution in [-0.2, 0) is 4.79 Å². The molecule has 0 spiro atoms. The molecule has 0 saturated carbocycles. The number of carbonyl (C=O) groups excluding carboxylic acids is 2. The van der Waals surface area contributed by atoms with E-state index in [-0.39, 0.29) is 11.3 Å². The molecule has 1 fully saturated rings. The average Bonchev–Trinajstić information content (AvgIpc) is 2.83. The van der Waals surface area contributed by atoms with Crippen LogP contribution in [0.4, 0.5) is 10.1 Å². The van der Waals surface area contributed by atoms with Crippen LogP contribution in [0.25, 0.3) is 0 Å². The molecule has 4 N–H and O–H groups in total. The number of carbonyl (C=O) groups is 2. The van der Waals surface area contributed by atoms with E-state index in [4.69, 9.17) is 11.5 Å². The first kappa shape index (κ1) is 13.3. The number of likely N-dealkylation sites (tertiary alicyclic amines) is 1. The first-order chi connectivity index (χ1) is 8.91. The second-order valence-electron chi connectivity index (χ2n) is 4.73. The fraction of sp³-hybridized carbons (Fsp3) is 0.385. The Balaban J connectivity index is 2.32. The van der Waals surface area contributed by atoms with Gasteiger partial charge in [-0.05, 0) is 31.9 Å². The lowest BCUT2D eigenvalue weighted by Crippen LogP contribution is -2.43. The SMILES string of the molecule is Cc1c(N)cc(C(=O)N2CCCC2C(N)=O)cc1F. The zero-order chi connectivity index (χ0) is 14.2. The summed E-state index contributed by atoms with van der Waals surface area (Å²) in [6, 6.07) is 1.96. The summed E-state index contributed by atoms with van der Waals surface area (Å²) in [7, 11) is 0. The second-order valence-corrected chi connectivity index (χ2v) is 4.73. The number of nitrogens with two attached hydrogens (primary N) is 2. The Labute approximate surface area is 110 Å². The van der Waals surface area contributed by atoms with Gasteiger partial charge in [-0.25, -0.2) is 4.39 Å². The number of primary amides is 1. The Morgan fingerprint density at radius 3 is 2.68 bits per heavy atom. The molecular weight excluding hydrogens is 249 g/mol. The largest absolute Gasteiger partial charge is 0.398 e. The fourth-order valence-corrected chi connectivity index (χ4v) is 2.30. The minimum Gasteiger partial charge on any atom is -0.398 e. The van der Waals surface area contributed by atoms with Gasteiger partial charge < -0.3 is 16.4 Å². The smallest absolute Gasteiger partial charge is 0.254 e. The molecule has 19 heavy (non-hydrogen) atoms. The summed E-state index contributed by atoms with van der Waals surface area (Å²) in [6.07, 6.45) is 1.26. The summed E-state index contributed by atoms with van der Waals surface area (Å²) in [5.74, 6) is -1.48. The van der Waals surface area contributed by atoms with Crippen LogP contribution in [0.5, 0.6) is 0 Å². The van der Waals surface area contributed by atoms with Crippen molar-refractivity contribution >= 4 is 17.5 Å². The Bertz CT molecular complexity index is 522. The van der Waals surface area contributed by atoms with Crippen molar-refractivity contribution in [2.75, 3.05) is 12.3 Å². The first-order valence-electron chi connectivity index (χ1n) is 6.07. The molecule has 1 heterocycles. The highest BCUT2D eigenvalue weighted by Gasteiger charge is 2.33. The Morgan fingerprint density at radius 1 is 1.42 bits per heavy atom. The monoisotopic (exact) mass is 265 g/mol. The molecule has 1 aromatic rings. The lowest BCUT2D eigenvalue weighted by atomic mass is 10.1. The maximum Gasteiger partial charge on any atom is 0.254 e. The third-order valence-electron chi connectivity index (χ3n) is 3.47. The number of amides is 2. The number of hydrogen-bond acceptors (Lipinski definition) is 3. The number of benzene rings is 1. The molecule has 2 amide bonds. The molecule has 0 radical (unpaired) electrons. The lowest BCUT2D eigenvalue weighted by Gasteiger charge is -2.22. The summed E-state index contributed by atoms with van der Waals surface area (Å²) in [5, 5.41) is 0. The lowest BCUT2D eigenvalue weighted by molar-refractivity contribution is -0.121. The standard InChI is InChI=1S/C13H16FN3O2/c1-7-9(14)5-8(6-10(7)15)13(19)17-4-2-3-11(17)12(16)18/h5-6,11H,2-4,15H2,1H3,(H2,16,18). The van der Waals surface area contributed by atoms with Gasteiger partial charge in [-0.3, -0.25) is 9.59 Å². The van der Waals surface area contributed by atoms with Crippen molar-refractivity contribution in [2.24, 2.45) is 5.73 Å². The Kier molecular flexibility index (Phi) is 3.42. The van der Waals surface area contributed by atoms with Crippen LogP contribution in [-0.4, -0.2) is 29.3 Å². The van der Waals surface area contributed by atoms with Gasteiger partial charge >= 0.3 is 0 Å². The highest BCUT2D eigenvalue weighted by Crippen LogP contribution is 2.23. The minimum atomic E-state index is -0.613. The van der Waals surface area contributed by atoms with Crippen LogP contribution < -0.4 is 11.5 Å². The Morgan fingerprint density at radius 2 is 2.11 bits per heavy atom. The molecule has 1 atom stereocenters. The van der Waals surface area contributed by atoms with E-state index in [9.17, 15) is 14.0 Å². The molecule has 0 aromatic heterocycles. The number of anilines is 1. The fourth-order valence-electron chi connectivity index (χ4n) is 2.30. The zero-order valence-corrected chi connectivity index (χ0v) is 10.6. The maximum atomic E-state index is 13.6.